The minimum absolute atomic E-state index is 0. The first-order chi connectivity index (χ1) is 25.3. The van der Waals surface area contributed by atoms with Crippen LogP contribution < -0.4 is 24.8 Å². The fourth-order valence-corrected chi connectivity index (χ4v) is 4.91. The molecule has 0 saturated heterocycles. The van der Waals surface area contributed by atoms with Crippen molar-refractivity contribution in [1.82, 2.24) is 0 Å². The summed E-state index contributed by atoms with van der Waals surface area (Å²) < 4.78 is 0. The Hall–Kier alpha value is -2.42. The maximum Gasteiger partial charge on any atom is -0.0623 e. The van der Waals surface area contributed by atoms with Crippen molar-refractivity contribution >= 4 is 33.2 Å². The Bertz CT molecular complexity index is 1640. The Labute approximate surface area is 369 Å². The third-order valence-electron chi connectivity index (χ3n) is 7.22. The topological polar surface area (TPSA) is 0 Å². The quantitative estimate of drug-likeness (QED) is 0.154. The molecule has 0 aliphatic heterocycles. The fraction of sp³-hybridized carbons (Fsp3) is 0.167. The molecule has 0 bridgehead atoms. The van der Waals surface area contributed by atoms with Gasteiger partial charge < -0.3 is 24.8 Å². The van der Waals surface area contributed by atoms with Gasteiger partial charge in [0.15, 0.2) is 0 Å². The first-order valence-corrected chi connectivity index (χ1v) is 30.0. The molecule has 0 unspecified atom stereocenters. The van der Waals surface area contributed by atoms with Gasteiger partial charge in [0, 0.05) is 0 Å². The van der Waals surface area contributed by atoms with E-state index >= 15 is 0 Å². The van der Waals surface area contributed by atoms with Crippen LogP contribution in [0.4, 0.5) is 0 Å². The van der Waals surface area contributed by atoms with Crippen LogP contribution in [0.5, 0.6) is 0 Å². The van der Waals surface area contributed by atoms with Gasteiger partial charge in [-0.05, 0) is 0 Å². The van der Waals surface area contributed by atoms with Crippen LogP contribution in [0.3, 0.4) is 0 Å². The molecule has 0 fully saturated rings. The van der Waals surface area contributed by atoms with Crippen LogP contribution >= 0.6 is 0 Å². The van der Waals surface area contributed by atoms with Gasteiger partial charge >= 0.3 is 83.7 Å². The molecule has 0 saturated carbocycles. The summed E-state index contributed by atoms with van der Waals surface area (Å²) in [5.41, 5.74) is 10.8. The van der Waals surface area contributed by atoms with E-state index in [-0.39, 0.29) is 35.7 Å². The molecule has 0 atom stereocenters. The Balaban J connectivity index is 0.000000334. The molecular weight excluding hydrogens is 886 g/mol. The number of allylic oxidation sites excluding steroid dienone is 16. The smallest absolute Gasteiger partial charge is 0.0623 e. The van der Waals surface area contributed by atoms with Crippen molar-refractivity contribution in [2.24, 2.45) is 0 Å². The van der Waals surface area contributed by atoms with Crippen LogP contribution in [0.1, 0.15) is 47.9 Å². The summed E-state index contributed by atoms with van der Waals surface area (Å²) in [4.78, 5) is 0. The first kappa shape index (κ1) is 49.6. The maximum absolute atomic E-state index is 3.15. The molecule has 8 rings (SSSR count). The molecule has 0 nitrogen and oxygen atoms in total. The van der Waals surface area contributed by atoms with Gasteiger partial charge in [0.1, 0.15) is 0 Å². The molecule has 54 heavy (non-hydrogen) atoms. The van der Waals surface area contributed by atoms with E-state index in [0.29, 0.717) is 0 Å². The van der Waals surface area contributed by atoms with Gasteiger partial charge in [0.05, 0.1) is 0 Å². The predicted molar refractivity (Wildman–Crippen MR) is 222 cm³/mol. The Kier molecular flexibility index (Phi) is 28.3. The standard InChI is InChI=1S/4C11H9.2C2H6Si.2ClH.2Zr/c4*1-2-6-10(7-3-1)11-8-4-5-9-11;2*1-3-2;;;;/h4*1-3,6-9H,4H2;2*1-2H3;2*1H;;/q4*-1;;;;;2*+2/p-2. The van der Waals surface area contributed by atoms with E-state index in [1.807, 2.05) is 24.3 Å². The second-order valence-corrected chi connectivity index (χ2v) is 31.1. The second-order valence-electron chi connectivity index (χ2n) is 12.3. The normalized spacial score (nSPS) is 13.3. The van der Waals surface area contributed by atoms with Crippen molar-refractivity contribution in [3.63, 3.8) is 0 Å². The summed E-state index contributed by atoms with van der Waals surface area (Å²) in [5.74, 6) is 0. The monoisotopic (exact) mass is 930 g/mol. The van der Waals surface area contributed by atoms with Crippen LogP contribution in [0.15, 0.2) is 170 Å². The molecule has 0 aromatic heterocycles. The van der Waals surface area contributed by atoms with Crippen LogP contribution in [0.25, 0.3) is 22.3 Å². The predicted octanol–water partition coefficient (Wildman–Crippen LogP) is 6.91. The van der Waals surface area contributed by atoms with Crippen molar-refractivity contribution in [2.45, 2.75) is 51.9 Å². The average molecular weight is 934 g/mol. The Morgan fingerprint density at radius 2 is 0.519 bits per heavy atom. The molecule has 4 aromatic carbocycles. The number of benzene rings is 4. The molecule has 0 radical (unpaired) electrons. The van der Waals surface area contributed by atoms with Crippen LogP contribution in [0, 0.1) is 24.3 Å². The summed E-state index contributed by atoms with van der Waals surface area (Å²) in [7, 11) is 0. The average Bonchev–Trinajstić information content (AvgIpc) is 4.02. The van der Waals surface area contributed by atoms with Crippen LogP contribution in [-0.2, 0) is 46.7 Å². The molecule has 4 aliphatic rings. The van der Waals surface area contributed by atoms with Gasteiger partial charge in [0.2, 0.25) is 0 Å². The zero-order valence-corrected chi connectivity index (χ0v) is 40.2. The van der Waals surface area contributed by atoms with E-state index < -0.39 is 0 Å². The van der Waals surface area contributed by atoms with Crippen molar-refractivity contribution in [3.05, 3.63) is 216 Å². The third kappa shape index (κ3) is 21.6. The van der Waals surface area contributed by atoms with E-state index in [4.69, 9.17) is 0 Å². The molecule has 6 heteroatoms. The van der Waals surface area contributed by atoms with Crippen molar-refractivity contribution in [1.29, 1.82) is 0 Å². The van der Waals surface area contributed by atoms with E-state index in [1.165, 1.54) is 44.5 Å². The van der Waals surface area contributed by atoms with E-state index in [0.717, 1.165) is 25.7 Å². The summed E-state index contributed by atoms with van der Waals surface area (Å²) in [6.45, 7) is 9.23. The number of halogens is 2. The van der Waals surface area contributed by atoms with Crippen molar-refractivity contribution in [2.75, 3.05) is 0 Å². The zero-order valence-electron chi connectivity index (χ0n) is 31.8. The van der Waals surface area contributed by atoms with Gasteiger partial charge in [-0.2, -0.15) is 46.6 Å². The first-order valence-electron chi connectivity index (χ1n) is 17.7. The summed E-state index contributed by atoms with van der Waals surface area (Å²) in [5, 5.41) is 0. The SMILES string of the molecule is C[Si](C)=[Zr+2].C[Si](C)=[Zr+2].[C-]1=CC(c2ccccc2)=CC1.[C-]1=CC(c2ccccc2)=CC1.[C-]1=CC(c2ccccc2)=CC1.[C-]1=CC(c2ccccc2)=CC1.[Cl-].[Cl-]. The molecule has 272 valence electrons. The maximum atomic E-state index is 3.15. The molecule has 0 spiro atoms. The van der Waals surface area contributed by atoms with E-state index in [9.17, 15) is 0 Å². The molecule has 4 aliphatic carbocycles. The summed E-state index contributed by atoms with van der Waals surface area (Å²) in [6, 6.07) is 41.6. The Morgan fingerprint density at radius 3 is 0.648 bits per heavy atom. The van der Waals surface area contributed by atoms with Gasteiger partial charge in [-0.1, -0.05) is 121 Å². The second kappa shape index (κ2) is 30.8. The summed E-state index contributed by atoms with van der Waals surface area (Å²) >= 11 is 3.48. The molecule has 0 N–H and O–H groups in total. The molecule has 4 aromatic rings. The fourth-order valence-electron chi connectivity index (χ4n) is 4.91. The largest absolute Gasteiger partial charge is 1.00 e. The molecule has 0 heterocycles. The number of hydrogen-bond acceptors (Lipinski definition) is 0. The Morgan fingerprint density at radius 1 is 0.352 bits per heavy atom. The summed E-state index contributed by atoms with van der Waals surface area (Å²) in [6.07, 6.45) is 33.4. The minimum atomic E-state index is 0. The van der Waals surface area contributed by atoms with Gasteiger partial charge in [0.25, 0.3) is 0 Å². The third-order valence-corrected chi connectivity index (χ3v) is 7.22. The van der Waals surface area contributed by atoms with Crippen LogP contribution in [-0.4, -0.2) is 10.9 Å². The van der Waals surface area contributed by atoms with Gasteiger partial charge in [-0.3, -0.25) is 24.3 Å². The van der Waals surface area contributed by atoms with Crippen molar-refractivity contribution in [3.8, 4) is 0 Å². The minimum Gasteiger partial charge on any atom is -1.00 e. The van der Waals surface area contributed by atoms with E-state index in [2.05, 4.69) is 196 Å². The molecular formula is C48H48Cl2Si2Zr2-2. The zero-order chi connectivity index (χ0) is 37.2. The molecule has 0 amide bonds. The number of hydrogen-bond donors (Lipinski definition) is 0. The van der Waals surface area contributed by atoms with Gasteiger partial charge in [-0.15, -0.1) is 47.9 Å². The van der Waals surface area contributed by atoms with Gasteiger partial charge in [-0.25, -0.2) is 24.3 Å². The van der Waals surface area contributed by atoms with E-state index in [1.54, 1.807) is 46.7 Å². The van der Waals surface area contributed by atoms with Crippen molar-refractivity contribution < 1.29 is 71.5 Å². The number of rotatable bonds is 4. The van der Waals surface area contributed by atoms with Crippen LogP contribution in [0.2, 0.25) is 26.2 Å².